The normalized spacial score (nSPS) is 10.8. The average molecular weight is 178 g/mol. The first-order valence-electron chi connectivity index (χ1n) is 4.83. The van der Waals surface area contributed by atoms with Crippen molar-refractivity contribution < 1.29 is 0 Å². The number of pyridine rings is 1. The van der Waals surface area contributed by atoms with Crippen LogP contribution in [0, 0.1) is 6.92 Å². The van der Waals surface area contributed by atoms with E-state index >= 15 is 0 Å². The molecule has 0 aliphatic heterocycles. The van der Waals surface area contributed by atoms with Crippen LogP contribution in [0.5, 0.6) is 0 Å². The zero-order valence-corrected chi connectivity index (χ0v) is 8.75. The van der Waals surface area contributed by atoms with Crippen LogP contribution in [0.4, 0.5) is 0 Å². The predicted octanol–water partition coefficient (Wildman–Crippen LogP) is 2.23. The lowest BCUT2D eigenvalue weighted by atomic mass is 10.3. The standard InChI is InChI=1S/C11H18N2/c1-4-8-13(3)9-11-7-5-6-10(2)12-11/h5-7H,4,8-9H2,1-3H3. The minimum absolute atomic E-state index is 0.954. The SMILES string of the molecule is CCCN(C)Cc1cccc(C)n1. The second-order valence-corrected chi connectivity index (χ2v) is 3.51. The van der Waals surface area contributed by atoms with Crippen molar-refractivity contribution >= 4 is 0 Å². The molecule has 0 amide bonds. The Kier molecular flexibility index (Phi) is 3.90. The smallest absolute Gasteiger partial charge is 0.0547 e. The quantitative estimate of drug-likeness (QED) is 0.703. The Morgan fingerprint density at radius 1 is 1.38 bits per heavy atom. The fraction of sp³-hybridized carbons (Fsp3) is 0.545. The van der Waals surface area contributed by atoms with Crippen LogP contribution in [0.25, 0.3) is 0 Å². The molecular weight excluding hydrogens is 160 g/mol. The molecule has 0 saturated carbocycles. The number of aryl methyl sites for hydroxylation is 1. The van der Waals surface area contributed by atoms with E-state index in [4.69, 9.17) is 0 Å². The van der Waals surface area contributed by atoms with Gasteiger partial charge in [0, 0.05) is 12.2 Å². The first-order valence-corrected chi connectivity index (χ1v) is 4.83. The summed E-state index contributed by atoms with van der Waals surface area (Å²) >= 11 is 0. The van der Waals surface area contributed by atoms with E-state index in [-0.39, 0.29) is 0 Å². The molecule has 0 aromatic carbocycles. The summed E-state index contributed by atoms with van der Waals surface area (Å²) in [5, 5.41) is 0. The first kappa shape index (κ1) is 10.2. The summed E-state index contributed by atoms with van der Waals surface area (Å²) in [6, 6.07) is 6.18. The zero-order chi connectivity index (χ0) is 9.68. The van der Waals surface area contributed by atoms with Crippen molar-refractivity contribution in [3.05, 3.63) is 29.6 Å². The Morgan fingerprint density at radius 2 is 2.15 bits per heavy atom. The Labute approximate surface area is 80.6 Å². The van der Waals surface area contributed by atoms with Crippen LogP contribution in [-0.2, 0) is 6.54 Å². The van der Waals surface area contributed by atoms with Crippen LogP contribution in [0.3, 0.4) is 0 Å². The minimum Gasteiger partial charge on any atom is -0.301 e. The topological polar surface area (TPSA) is 16.1 Å². The van der Waals surface area contributed by atoms with Crippen molar-refractivity contribution in [3.8, 4) is 0 Å². The molecular formula is C11H18N2. The highest BCUT2D eigenvalue weighted by Crippen LogP contribution is 2.01. The van der Waals surface area contributed by atoms with Crippen LogP contribution >= 0.6 is 0 Å². The molecule has 0 N–H and O–H groups in total. The summed E-state index contributed by atoms with van der Waals surface area (Å²) in [6.07, 6.45) is 1.20. The van der Waals surface area contributed by atoms with Gasteiger partial charge in [0.1, 0.15) is 0 Å². The molecule has 1 rings (SSSR count). The van der Waals surface area contributed by atoms with E-state index in [1.165, 1.54) is 6.42 Å². The van der Waals surface area contributed by atoms with Gasteiger partial charge >= 0.3 is 0 Å². The number of rotatable bonds is 4. The van der Waals surface area contributed by atoms with Gasteiger partial charge in [0.25, 0.3) is 0 Å². The molecule has 0 atom stereocenters. The predicted molar refractivity (Wildman–Crippen MR) is 55.6 cm³/mol. The van der Waals surface area contributed by atoms with Crippen LogP contribution in [-0.4, -0.2) is 23.5 Å². The van der Waals surface area contributed by atoms with Gasteiger partial charge in [-0.05, 0) is 39.1 Å². The van der Waals surface area contributed by atoms with E-state index in [1.54, 1.807) is 0 Å². The molecule has 2 nitrogen and oxygen atoms in total. The van der Waals surface area contributed by atoms with Crippen LogP contribution < -0.4 is 0 Å². The highest BCUT2D eigenvalue weighted by Gasteiger charge is 1.99. The number of nitrogens with zero attached hydrogens (tertiary/aromatic N) is 2. The van der Waals surface area contributed by atoms with E-state index in [9.17, 15) is 0 Å². The van der Waals surface area contributed by atoms with Gasteiger partial charge in [-0.25, -0.2) is 0 Å². The zero-order valence-electron chi connectivity index (χ0n) is 8.75. The molecule has 72 valence electrons. The van der Waals surface area contributed by atoms with Gasteiger partial charge in [-0.2, -0.15) is 0 Å². The van der Waals surface area contributed by atoms with Gasteiger partial charge in [-0.3, -0.25) is 4.98 Å². The lowest BCUT2D eigenvalue weighted by Crippen LogP contribution is -2.19. The number of aromatic nitrogens is 1. The van der Waals surface area contributed by atoms with E-state index in [0.717, 1.165) is 24.5 Å². The summed E-state index contributed by atoms with van der Waals surface area (Å²) < 4.78 is 0. The molecule has 1 aromatic heterocycles. The number of hydrogen-bond donors (Lipinski definition) is 0. The molecule has 0 saturated heterocycles. The van der Waals surface area contributed by atoms with Crippen molar-refractivity contribution in [1.82, 2.24) is 9.88 Å². The van der Waals surface area contributed by atoms with E-state index in [1.807, 2.05) is 13.0 Å². The van der Waals surface area contributed by atoms with Gasteiger partial charge in [-0.1, -0.05) is 13.0 Å². The maximum Gasteiger partial charge on any atom is 0.0547 e. The van der Waals surface area contributed by atoms with Crippen molar-refractivity contribution in [1.29, 1.82) is 0 Å². The summed E-state index contributed by atoms with van der Waals surface area (Å²) in [5.74, 6) is 0. The summed E-state index contributed by atoms with van der Waals surface area (Å²) in [5.41, 5.74) is 2.26. The Bertz CT molecular complexity index is 258. The van der Waals surface area contributed by atoms with Crippen LogP contribution in [0.2, 0.25) is 0 Å². The molecule has 2 heteroatoms. The van der Waals surface area contributed by atoms with Gasteiger partial charge in [-0.15, -0.1) is 0 Å². The highest BCUT2D eigenvalue weighted by molar-refractivity contribution is 5.09. The lowest BCUT2D eigenvalue weighted by molar-refractivity contribution is 0.323. The summed E-state index contributed by atoms with van der Waals surface area (Å²) in [7, 11) is 2.13. The molecule has 1 aromatic rings. The third-order valence-corrected chi connectivity index (χ3v) is 1.98. The van der Waals surface area contributed by atoms with Crippen molar-refractivity contribution in [3.63, 3.8) is 0 Å². The maximum atomic E-state index is 4.45. The second kappa shape index (κ2) is 4.97. The molecule has 0 aliphatic rings. The largest absolute Gasteiger partial charge is 0.301 e. The molecule has 0 spiro atoms. The Morgan fingerprint density at radius 3 is 2.77 bits per heavy atom. The van der Waals surface area contributed by atoms with Crippen LogP contribution in [0.1, 0.15) is 24.7 Å². The van der Waals surface area contributed by atoms with Crippen LogP contribution in [0.15, 0.2) is 18.2 Å². The molecule has 0 bridgehead atoms. The average Bonchev–Trinajstić information content (AvgIpc) is 2.04. The van der Waals surface area contributed by atoms with Gasteiger partial charge in [0.2, 0.25) is 0 Å². The summed E-state index contributed by atoms with van der Waals surface area (Å²) in [4.78, 5) is 6.75. The number of hydrogen-bond acceptors (Lipinski definition) is 2. The van der Waals surface area contributed by atoms with Gasteiger partial charge in [0.15, 0.2) is 0 Å². The molecule has 0 aliphatic carbocycles. The fourth-order valence-electron chi connectivity index (χ4n) is 1.42. The molecule has 1 heterocycles. The maximum absolute atomic E-state index is 4.45. The van der Waals surface area contributed by atoms with E-state index in [0.29, 0.717) is 0 Å². The van der Waals surface area contributed by atoms with Crippen molar-refractivity contribution in [2.24, 2.45) is 0 Å². The monoisotopic (exact) mass is 178 g/mol. The third kappa shape index (κ3) is 3.55. The van der Waals surface area contributed by atoms with Gasteiger partial charge < -0.3 is 4.90 Å². The van der Waals surface area contributed by atoms with Gasteiger partial charge in [0.05, 0.1) is 5.69 Å². The third-order valence-electron chi connectivity index (χ3n) is 1.98. The molecule has 13 heavy (non-hydrogen) atoms. The van der Waals surface area contributed by atoms with Crippen molar-refractivity contribution in [2.75, 3.05) is 13.6 Å². The fourth-order valence-corrected chi connectivity index (χ4v) is 1.42. The molecule has 0 radical (unpaired) electrons. The Balaban J connectivity index is 2.53. The lowest BCUT2D eigenvalue weighted by Gasteiger charge is -2.14. The second-order valence-electron chi connectivity index (χ2n) is 3.51. The highest BCUT2D eigenvalue weighted by atomic mass is 15.1. The van der Waals surface area contributed by atoms with E-state index < -0.39 is 0 Å². The van der Waals surface area contributed by atoms with E-state index in [2.05, 4.69) is 36.0 Å². The Hall–Kier alpha value is -0.890. The minimum atomic E-state index is 0.954. The molecule has 0 fully saturated rings. The first-order chi connectivity index (χ1) is 6.22. The van der Waals surface area contributed by atoms with Crippen molar-refractivity contribution in [2.45, 2.75) is 26.8 Å². The summed E-state index contributed by atoms with van der Waals surface area (Å²) in [6.45, 7) is 6.31. The molecule has 0 unspecified atom stereocenters.